The van der Waals surface area contributed by atoms with Crippen molar-refractivity contribution >= 4 is 34.7 Å². The summed E-state index contributed by atoms with van der Waals surface area (Å²) < 4.78 is 0. The number of carbonyl (C=O) groups excluding carboxylic acids is 2. The molecule has 0 fully saturated rings. The number of carbonyl (C=O) groups is 2. The van der Waals surface area contributed by atoms with Crippen molar-refractivity contribution in [2.24, 2.45) is 0 Å². The van der Waals surface area contributed by atoms with Crippen LogP contribution in [-0.2, 0) is 29.0 Å². The van der Waals surface area contributed by atoms with Gasteiger partial charge in [0.15, 0.2) is 5.13 Å². The summed E-state index contributed by atoms with van der Waals surface area (Å²) in [5, 5.41) is 5.81. The van der Waals surface area contributed by atoms with Gasteiger partial charge in [0.25, 0.3) is 0 Å². The highest BCUT2D eigenvalue weighted by molar-refractivity contribution is 7.15. The second-order valence-corrected chi connectivity index (χ2v) is 6.63. The number of fused-ring (bicyclic) bond motifs is 1. The molecule has 0 spiro atoms. The standard InChI is InChI=1S/C15H18N6O2S.C2H6/c1-10(23)19-14-16-6-11-2-4-21(5-3-13(11)20-14)8-12-7-17-15(24-12)18-9-22;1-2/h6-7,9H,2-5,8H2,1H3,(H,17,18,22)(H,16,19,20,23);1-2H3. The average molecular weight is 376 g/mol. The molecule has 0 aromatic carbocycles. The highest BCUT2D eigenvalue weighted by atomic mass is 32.1. The van der Waals surface area contributed by atoms with Crippen molar-refractivity contribution in [1.82, 2.24) is 19.9 Å². The molecule has 8 nitrogen and oxygen atoms in total. The lowest BCUT2D eigenvalue weighted by molar-refractivity contribution is -0.114. The van der Waals surface area contributed by atoms with Crippen molar-refractivity contribution in [3.63, 3.8) is 0 Å². The summed E-state index contributed by atoms with van der Waals surface area (Å²) in [7, 11) is 0. The number of anilines is 2. The molecule has 0 bridgehead atoms. The summed E-state index contributed by atoms with van der Waals surface area (Å²) in [6.45, 7) is 8.01. The minimum Gasteiger partial charge on any atom is -0.305 e. The quantitative estimate of drug-likeness (QED) is 0.775. The second-order valence-electron chi connectivity index (χ2n) is 5.52. The lowest BCUT2D eigenvalue weighted by atomic mass is 10.1. The summed E-state index contributed by atoms with van der Waals surface area (Å²) in [4.78, 5) is 37.8. The van der Waals surface area contributed by atoms with Crippen LogP contribution >= 0.6 is 11.3 Å². The first kappa shape index (κ1) is 19.9. The van der Waals surface area contributed by atoms with Gasteiger partial charge in [0.2, 0.25) is 18.3 Å². The lowest BCUT2D eigenvalue weighted by Crippen LogP contribution is -2.25. The van der Waals surface area contributed by atoms with E-state index < -0.39 is 0 Å². The van der Waals surface area contributed by atoms with E-state index >= 15 is 0 Å². The fourth-order valence-electron chi connectivity index (χ4n) is 2.62. The smallest absolute Gasteiger partial charge is 0.229 e. The van der Waals surface area contributed by atoms with Gasteiger partial charge >= 0.3 is 0 Å². The van der Waals surface area contributed by atoms with Crippen LogP contribution in [0.3, 0.4) is 0 Å². The lowest BCUT2D eigenvalue weighted by Gasteiger charge is -2.18. The van der Waals surface area contributed by atoms with Gasteiger partial charge in [-0.25, -0.2) is 15.0 Å². The molecule has 2 amide bonds. The molecule has 140 valence electrons. The molecule has 9 heteroatoms. The van der Waals surface area contributed by atoms with Crippen LogP contribution in [0, 0.1) is 0 Å². The Balaban J connectivity index is 0.00000117. The van der Waals surface area contributed by atoms with Gasteiger partial charge in [0.05, 0.1) is 5.69 Å². The third-order valence-electron chi connectivity index (χ3n) is 3.72. The molecule has 0 aliphatic carbocycles. The molecule has 0 saturated heterocycles. The zero-order valence-electron chi connectivity index (χ0n) is 15.3. The molecule has 1 aliphatic heterocycles. The summed E-state index contributed by atoms with van der Waals surface area (Å²) in [6.07, 6.45) is 5.91. The number of hydrogen-bond donors (Lipinski definition) is 2. The maximum atomic E-state index is 11.1. The van der Waals surface area contributed by atoms with Gasteiger partial charge in [-0.05, 0) is 12.0 Å². The molecule has 0 saturated carbocycles. The first-order chi connectivity index (χ1) is 12.6. The van der Waals surface area contributed by atoms with Crippen LogP contribution in [0.25, 0.3) is 0 Å². The number of amides is 2. The number of hydrogen-bond acceptors (Lipinski definition) is 7. The van der Waals surface area contributed by atoms with Gasteiger partial charge in [-0.3, -0.25) is 19.8 Å². The van der Waals surface area contributed by atoms with Crippen molar-refractivity contribution < 1.29 is 9.59 Å². The van der Waals surface area contributed by atoms with Crippen LogP contribution in [0.15, 0.2) is 12.4 Å². The third kappa shape index (κ3) is 5.57. The fourth-order valence-corrected chi connectivity index (χ4v) is 3.43. The van der Waals surface area contributed by atoms with E-state index in [1.165, 1.54) is 18.3 Å². The Labute approximate surface area is 157 Å². The van der Waals surface area contributed by atoms with Crippen LogP contribution in [0.4, 0.5) is 11.1 Å². The summed E-state index contributed by atoms with van der Waals surface area (Å²) in [5.74, 6) is 0.192. The van der Waals surface area contributed by atoms with Crippen molar-refractivity contribution in [1.29, 1.82) is 0 Å². The molecule has 2 N–H and O–H groups in total. The molecule has 3 rings (SSSR count). The molecular formula is C17H24N6O2S. The molecule has 0 radical (unpaired) electrons. The van der Waals surface area contributed by atoms with E-state index in [-0.39, 0.29) is 5.91 Å². The Morgan fingerprint density at radius 3 is 2.77 bits per heavy atom. The molecule has 3 heterocycles. The molecule has 2 aromatic rings. The number of nitrogens with zero attached hydrogens (tertiary/aromatic N) is 4. The number of aromatic nitrogens is 3. The van der Waals surface area contributed by atoms with Crippen LogP contribution in [0.5, 0.6) is 0 Å². The largest absolute Gasteiger partial charge is 0.305 e. The summed E-state index contributed by atoms with van der Waals surface area (Å²) in [5.41, 5.74) is 2.11. The third-order valence-corrected chi connectivity index (χ3v) is 4.63. The summed E-state index contributed by atoms with van der Waals surface area (Å²) in [6, 6.07) is 0. The predicted octanol–water partition coefficient (Wildman–Crippen LogP) is 2.09. The second kappa shape index (κ2) is 9.93. The van der Waals surface area contributed by atoms with E-state index in [4.69, 9.17) is 0 Å². The highest BCUT2D eigenvalue weighted by Gasteiger charge is 2.17. The minimum atomic E-state index is -0.171. The molecule has 1 aliphatic rings. The van der Waals surface area contributed by atoms with Crippen molar-refractivity contribution in [2.45, 2.75) is 40.2 Å². The van der Waals surface area contributed by atoms with Crippen LogP contribution in [0.2, 0.25) is 0 Å². The van der Waals surface area contributed by atoms with E-state index in [1.807, 2.05) is 13.8 Å². The van der Waals surface area contributed by atoms with Crippen molar-refractivity contribution in [3.8, 4) is 0 Å². The molecule has 0 unspecified atom stereocenters. The molecule has 2 aromatic heterocycles. The maximum Gasteiger partial charge on any atom is 0.229 e. The predicted molar refractivity (Wildman–Crippen MR) is 102 cm³/mol. The Hall–Kier alpha value is -2.39. The van der Waals surface area contributed by atoms with Gasteiger partial charge < -0.3 is 5.32 Å². The minimum absolute atomic E-state index is 0.171. The number of rotatable bonds is 5. The summed E-state index contributed by atoms with van der Waals surface area (Å²) >= 11 is 1.48. The highest BCUT2D eigenvalue weighted by Crippen LogP contribution is 2.21. The van der Waals surface area contributed by atoms with Gasteiger partial charge in [-0.1, -0.05) is 13.8 Å². The van der Waals surface area contributed by atoms with Gasteiger partial charge in [-0.15, -0.1) is 11.3 Å². The fraction of sp³-hybridized carbons (Fsp3) is 0.471. The van der Waals surface area contributed by atoms with Crippen molar-refractivity contribution in [3.05, 3.63) is 28.5 Å². The Bertz CT molecular complexity index is 749. The van der Waals surface area contributed by atoms with E-state index in [9.17, 15) is 9.59 Å². The Kier molecular flexibility index (Phi) is 7.61. The maximum absolute atomic E-state index is 11.1. The van der Waals surface area contributed by atoms with Crippen LogP contribution < -0.4 is 10.6 Å². The van der Waals surface area contributed by atoms with Crippen LogP contribution in [0.1, 0.15) is 36.9 Å². The van der Waals surface area contributed by atoms with Gasteiger partial charge in [0.1, 0.15) is 0 Å². The molecular weight excluding hydrogens is 352 g/mol. The SMILES string of the molecule is CC.CC(=O)Nc1ncc2c(n1)CCN(Cc1cnc(NC=O)s1)CC2. The van der Waals surface area contributed by atoms with E-state index in [2.05, 4.69) is 30.5 Å². The topological polar surface area (TPSA) is 100 Å². The van der Waals surface area contributed by atoms with Gasteiger partial charge in [-0.2, -0.15) is 0 Å². The Morgan fingerprint density at radius 1 is 1.27 bits per heavy atom. The van der Waals surface area contributed by atoms with E-state index in [0.29, 0.717) is 17.5 Å². The molecule has 0 atom stereocenters. The first-order valence-corrected chi connectivity index (χ1v) is 9.45. The zero-order chi connectivity index (χ0) is 18.9. The number of nitrogens with one attached hydrogen (secondary N) is 2. The Morgan fingerprint density at radius 2 is 2.04 bits per heavy atom. The van der Waals surface area contributed by atoms with E-state index in [0.717, 1.165) is 48.6 Å². The van der Waals surface area contributed by atoms with Crippen LogP contribution in [-0.4, -0.2) is 45.3 Å². The monoisotopic (exact) mass is 376 g/mol. The zero-order valence-corrected chi connectivity index (χ0v) is 16.1. The van der Waals surface area contributed by atoms with E-state index in [1.54, 1.807) is 12.4 Å². The molecule has 26 heavy (non-hydrogen) atoms. The van der Waals surface area contributed by atoms with Gasteiger partial charge in [0, 0.05) is 50.2 Å². The number of thiazole rings is 1. The first-order valence-electron chi connectivity index (χ1n) is 8.63. The van der Waals surface area contributed by atoms with Crippen molar-refractivity contribution in [2.75, 3.05) is 23.7 Å². The normalized spacial score (nSPS) is 13.7. The average Bonchev–Trinajstić information content (AvgIpc) is 2.97.